The smallest absolute Gasteiger partial charge is 0.231 e. The second kappa shape index (κ2) is 5.53. The highest BCUT2D eigenvalue weighted by molar-refractivity contribution is 6.20. The Labute approximate surface area is 112 Å². The van der Waals surface area contributed by atoms with E-state index in [4.69, 9.17) is 16.1 Å². The Kier molecular flexibility index (Phi) is 4.02. The summed E-state index contributed by atoms with van der Waals surface area (Å²) in [5.74, 6) is 1.20. The Balaban J connectivity index is 2.13. The highest BCUT2D eigenvalue weighted by atomic mass is 35.5. The predicted molar refractivity (Wildman–Crippen MR) is 71.9 cm³/mol. The van der Waals surface area contributed by atoms with Crippen LogP contribution in [0, 0.1) is 13.8 Å². The lowest BCUT2D eigenvalue weighted by Gasteiger charge is -2.02. The lowest BCUT2D eigenvalue weighted by atomic mass is 10.0. The zero-order chi connectivity index (χ0) is 13.1. The van der Waals surface area contributed by atoms with E-state index in [1.165, 1.54) is 16.7 Å². The molecule has 0 saturated carbocycles. The molecule has 3 nitrogen and oxygen atoms in total. The normalized spacial score (nSPS) is 12.7. The molecule has 1 atom stereocenters. The molecule has 1 aromatic carbocycles. The molecule has 2 aromatic rings. The summed E-state index contributed by atoms with van der Waals surface area (Å²) < 4.78 is 5.22. The summed E-state index contributed by atoms with van der Waals surface area (Å²) in [7, 11) is 0. The van der Waals surface area contributed by atoms with Crippen LogP contribution in [0.2, 0.25) is 0 Å². The van der Waals surface area contributed by atoms with Gasteiger partial charge in [0.25, 0.3) is 0 Å². The number of hydrogen-bond acceptors (Lipinski definition) is 3. The van der Waals surface area contributed by atoms with Gasteiger partial charge in [-0.1, -0.05) is 30.3 Å². The molecule has 0 bridgehead atoms. The summed E-state index contributed by atoms with van der Waals surface area (Å²) in [5.41, 5.74) is 3.74. The highest BCUT2D eigenvalue weighted by Gasteiger charge is 2.14. The molecule has 2 rings (SSSR count). The molecule has 1 heterocycles. The van der Waals surface area contributed by atoms with Gasteiger partial charge in [-0.2, -0.15) is 4.98 Å². The van der Waals surface area contributed by atoms with Gasteiger partial charge >= 0.3 is 0 Å². The van der Waals surface area contributed by atoms with Crippen molar-refractivity contribution in [2.75, 3.05) is 0 Å². The summed E-state index contributed by atoms with van der Waals surface area (Å²) in [6, 6.07) is 6.35. The van der Waals surface area contributed by atoms with Gasteiger partial charge < -0.3 is 4.52 Å². The summed E-state index contributed by atoms with van der Waals surface area (Å²) in [5, 5.41) is 3.74. The minimum Gasteiger partial charge on any atom is -0.339 e. The Bertz CT molecular complexity index is 536. The van der Waals surface area contributed by atoms with E-state index in [-0.39, 0.29) is 5.38 Å². The van der Waals surface area contributed by atoms with Crippen molar-refractivity contribution in [1.82, 2.24) is 10.1 Å². The third-order valence-electron chi connectivity index (χ3n) is 3.05. The number of benzene rings is 1. The Morgan fingerprint density at radius 3 is 2.72 bits per heavy atom. The van der Waals surface area contributed by atoms with Crippen molar-refractivity contribution in [1.29, 1.82) is 0 Å². The molecule has 0 amide bonds. The van der Waals surface area contributed by atoms with Gasteiger partial charge in [-0.05, 0) is 37.0 Å². The first-order chi connectivity index (χ1) is 8.60. The van der Waals surface area contributed by atoms with E-state index in [1.807, 2.05) is 6.92 Å². The van der Waals surface area contributed by atoms with Crippen LogP contribution in [-0.2, 0) is 6.42 Å². The zero-order valence-electron chi connectivity index (χ0n) is 10.9. The van der Waals surface area contributed by atoms with E-state index in [0.717, 1.165) is 6.42 Å². The number of rotatable bonds is 4. The van der Waals surface area contributed by atoms with Gasteiger partial charge in [-0.3, -0.25) is 0 Å². The number of alkyl halides is 1. The van der Waals surface area contributed by atoms with Crippen molar-refractivity contribution in [2.45, 2.75) is 39.0 Å². The van der Waals surface area contributed by atoms with Crippen molar-refractivity contribution >= 4 is 11.6 Å². The first-order valence-electron chi connectivity index (χ1n) is 6.12. The second-order valence-electron chi connectivity index (χ2n) is 4.52. The molecule has 18 heavy (non-hydrogen) atoms. The predicted octanol–water partition coefficient (Wildman–Crippen LogP) is 3.97. The largest absolute Gasteiger partial charge is 0.339 e. The van der Waals surface area contributed by atoms with E-state index in [9.17, 15) is 0 Å². The number of hydrogen-bond donors (Lipinski definition) is 0. The first-order valence-corrected chi connectivity index (χ1v) is 6.56. The lowest BCUT2D eigenvalue weighted by Crippen LogP contribution is -1.93. The van der Waals surface area contributed by atoms with Crippen LogP contribution in [0.15, 0.2) is 22.7 Å². The molecule has 0 fully saturated rings. The van der Waals surface area contributed by atoms with Crippen molar-refractivity contribution in [3.05, 3.63) is 46.6 Å². The van der Waals surface area contributed by atoms with Crippen LogP contribution in [0.25, 0.3) is 0 Å². The van der Waals surface area contributed by atoms with Crippen LogP contribution in [0.4, 0.5) is 0 Å². The molecule has 0 radical (unpaired) electrons. The number of aromatic nitrogens is 2. The van der Waals surface area contributed by atoms with Crippen molar-refractivity contribution in [3.63, 3.8) is 0 Å². The van der Waals surface area contributed by atoms with Crippen molar-refractivity contribution in [2.24, 2.45) is 0 Å². The van der Waals surface area contributed by atoms with Crippen LogP contribution < -0.4 is 0 Å². The maximum Gasteiger partial charge on any atom is 0.231 e. The molecule has 0 N–H and O–H groups in total. The molecular weight excluding hydrogens is 248 g/mol. The monoisotopic (exact) mass is 264 g/mol. The van der Waals surface area contributed by atoms with Gasteiger partial charge in [0.2, 0.25) is 5.89 Å². The number of aryl methyl sites for hydroxylation is 2. The van der Waals surface area contributed by atoms with E-state index >= 15 is 0 Å². The quantitative estimate of drug-likeness (QED) is 0.785. The third-order valence-corrected chi connectivity index (χ3v) is 3.55. The summed E-state index contributed by atoms with van der Waals surface area (Å²) in [6.07, 6.45) is 1.45. The SMILES string of the molecule is CCC(Cl)c1noc(Cc2ccc(C)c(C)c2)n1. The summed E-state index contributed by atoms with van der Waals surface area (Å²) in [4.78, 5) is 4.32. The lowest BCUT2D eigenvalue weighted by molar-refractivity contribution is 0.378. The standard InChI is InChI=1S/C14H17ClN2O/c1-4-12(15)14-16-13(18-17-14)8-11-6-5-9(2)10(3)7-11/h5-7,12H,4,8H2,1-3H3. The molecule has 1 unspecified atom stereocenters. The minimum absolute atomic E-state index is 0.165. The Morgan fingerprint density at radius 2 is 2.06 bits per heavy atom. The second-order valence-corrected chi connectivity index (χ2v) is 5.04. The topological polar surface area (TPSA) is 38.9 Å². The van der Waals surface area contributed by atoms with Gasteiger partial charge in [0, 0.05) is 0 Å². The van der Waals surface area contributed by atoms with Crippen LogP contribution in [0.5, 0.6) is 0 Å². The van der Waals surface area contributed by atoms with Gasteiger partial charge in [-0.15, -0.1) is 11.6 Å². The average molecular weight is 265 g/mol. The van der Waals surface area contributed by atoms with E-state index < -0.39 is 0 Å². The van der Waals surface area contributed by atoms with Gasteiger partial charge in [0.15, 0.2) is 5.82 Å². The molecule has 4 heteroatoms. The average Bonchev–Trinajstić information content (AvgIpc) is 2.81. The van der Waals surface area contributed by atoms with Gasteiger partial charge in [-0.25, -0.2) is 0 Å². The molecule has 0 spiro atoms. The zero-order valence-corrected chi connectivity index (χ0v) is 11.7. The van der Waals surface area contributed by atoms with Crippen LogP contribution in [0.3, 0.4) is 0 Å². The van der Waals surface area contributed by atoms with E-state index in [1.54, 1.807) is 0 Å². The number of halogens is 1. The molecule has 0 aliphatic heterocycles. The maximum atomic E-state index is 6.07. The van der Waals surface area contributed by atoms with Crippen LogP contribution in [-0.4, -0.2) is 10.1 Å². The molecular formula is C14H17ClN2O. The van der Waals surface area contributed by atoms with Crippen molar-refractivity contribution < 1.29 is 4.52 Å². The fraction of sp³-hybridized carbons (Fsp3) is 0.429. The van der Waals surface area contributed by atoms with E-state index in [0.29, 0.717) is 18.1 Å². The van der Waals surface area contributed by atoms with Gasteiger partial charge in [0.05, 0.1) is 11.8 Å². The number of nitrogens with zero attached hydrogens (tertiary/aromatic N) is 2. The van der Waals surface area contributed by atoms with Crippen LogP contribution >= 0.6 is 11.6 Å². The molecule has 0 aliphatic carbocycles. The molecule has 96 valence electrons. The summed E-state index contributed by atoms with van der Waals surface area (Å²) in [6.45, 7) is 6.20. The van der Waals surface area contributed by atoms with Gasteiger partial charge in [0.1, 0.15) is 0 Å². The highest BCUT2D eigenvalue weighted by Crippen LogP contribution is 2.21. The first kappa shape index (κ1) is 13.1. The fourth-order valence-corrected chi connectivity index (χ4v) is 1.83. The fourth-order valence-electron chi connectivity index (χ4n) is 1.74. The summed E-state index contributed by atoms with van der Waals surface area (Å²) >= 11 is 6.07. The van der Waals surface area contributed by atoms with E-state index in [2.05, 4.69) is 42.2 Å². The molecule has 0 aliphatic rings. The minimum atomic E-state index is -0.165. The van der Waals surface area contributed by atoms with Crippen LogP contribution in [0.1, 0.15) is 47.1 Å². The maximum absolute atomic E-state index is 6.07. The Morgan fingerprint density at radius 1 is 1.28 bits per heavy atom. The molecule has 1 aromatic heterocycles. The van der Waals surface area contributed by atoms with Crippen molar-refractivity contribution in [3.8, 4) is 0 Å². The Hall–Kier alpha value is -1.35. The molecule has 0 saturated heterocycles. The third kappa shape index (κ3) is 2.91.